The quantitative estimate of drug-likeness (QED) is 0.505. The predicted octanol–water partition coefficient (Wildman–Crippen LogP) is 2.71. The maximum absolute atomic E-state index is 11.6. The number of carbonyl (C=O) groups is 2. The van der Waals surface area contributed by atoms with Crippen molar-refractivity contribution in [2.45, 2.75) is 27.7 Å². The number of nitrogens with zero attached hydrogens (tertiary/aromatic N) is 1. The van der Waals surface area contributed by atoms with Crippen molar-refractivity contribution >= 4 is 33.3 Å². The summed E-state index contributed by atoms with van der Waals surface area (Å²) in [5, 5.41) is 0. The lowest BCUT2D eigenvalue weighted by atomic mass is 10.1. The van der Waals surface area contributed by atoms with Gasteiger partial charge in [-0.25, -0.2) is 0 Å². The molecular formula is C12H23NO2S2. The highest BCUT2D eigenvalue weighted by atomic mass is 33.1. The Bertz CT molecular complexity index is 255. The number of hydrogen-bond donors (Lipinski definition) is 0. The summed E-state index contributed by atoms with van der Waals surface area (Å²) in [5.74, 6) is 2.06. The van der Waals surface area contributed by atoms with Crippen molar-refractivity contribution in [3.63, 3.8) is 0 Å². The van der Waals surface area contributed by atoms with Gasteiger partial charge in [-0.3, -0.25) is 9.59 Å². The average Bonchev–Trinajstić information content (AvgIpc) is 2.26. The Labute approximate surface area is 112 Å². The van der Waals surface area contributed by atoms with Crippen LogP contribution < -0.4 is 0 Å². The molecule has 0 saturated carbocycles. The van der Waals surface area contributed by atoms with Crippen LogP contribution in [-0.4, -0.2) is 41.7 Å². The summed E-state index contributed by atoms with van der Waals surface area (Å²) in [7, 11) is 5.07. The molecule has 0 N–H and O–H groups in total. The van der Waals surface area contributed by atoms with E-state index >= 15 is 0 Å². The second-order valence-corrected chi connectivity index (χ2v) is 7.20. The van der Waals surface area contributed by atoms with E-state index in [4.69, 9.17) is 0 Å². The van der Waals surface area contributed by atoms with Crippen molar-refractivity contribution in [1.82, 2.24) is 4.90 Å². The summed E-state index contributed by atoms with van der Waals surface area (Å²) < 4.78 is 0. The Balaban J connectivity index is 3.59. The lowest BCUT2D eigenvalue weighted by Crippen LogP contribution is -2.32. The molecule has 0 aliphatic carbocycles. The molecule has 0 aromatic carbocycles. The number of hydrogen-bond acceptors (Lipinski definition) is 4. The molecule has 0 aliphatic heterocycles. The summed E-state index contributed by atoms with van der Waals surface area (Å²) in [4.78, 5) is 24.7. The Hall–Kier alpha value is -0.160. The van der Waals surface area contributed by atoms with Crippen LogP contribution in [0, 0.1) is 11.8 Å². The van der Waals surface area contributed by atoms with Crippen LogP contribution in [0.25, 0.3) is 0 Å². The first-order chi connectivity index (χ1) is 7.86. The minimum Gasteiger partial charge on any atom is -0.345 e. The zero-order chi connectivity index (χ0) is 13.4. The van der Waals surface area contributed by atoms with Crippen LogP contribution in [0.4, 0.5) is 0 Å². The molecule has 0 rings (SSSR count). The van der Waals surface area contributed by atoms with Crippen LogP contribution >= 0.6 is 21.6 Å². The van der Waals surface area contributed by atoms with Crippen LogP contribution in [-0.2, 0) is 9.59 Å². The number of carbonyl (C=O) groups excluding carboxylic acids is 2. The van der Waals surface area contributed by atoms with E-state index in [0.29, 0.717) is 5.75 Å². The number of amides is 1. The maximum atomic E-state index is 11.6. The first kappa shape index (κ1) is 16.8. The van der Waals surface area contributed by atoms with Gasteiger partial charge in [0.25, 0.3) is 0 Å². The molecule has 0 bridgehead atoms. The van der Waals surface area contributed by atoms with Gasteiger partial charge in [-0.1, -0.05) is 49.3 Å². The fourth-order valence-electron chi connectivity index (χ4n) is 1.05. The number of ketones is 1. The minimum absolute atomic E-state index is 0.0557. The lowest BCUT2D eigenvalue weighted by Gasteiger charge is -2.18. The van der Waals surface area contributed by atoms with Crippen LogP contribution in [0.3, 0.4) is 0 Å². The van der Waals surface area contributed by atoms with Crippen molar-refractivity contribution < 1.29 is 9.59 Å². The van der Waals surface area contributed by atoms with E-state index in [1.807, 2.05) is 34.7 Å². The molecule has 1 amide bonds. The summed E-state index contributed by atoms with van der Waals surface area (Å²) in [6.45, 7) is 8.39. The van der Waals surface area contributed by atoms with Gasteiger partial charge in [-0.05, 0) is 0 Å². The largest absolute Gasteiger partial charge is 0.345 e. The van der Waals surface area contributed by atoms with Crippen LogP contribution in [0.15, 0.2) is 0 Å². The first-order valence-corrected chi connectivity index (χ1v) is 8.37. The fraction of sp³-hybridized carbons (Fsp3) is 0.833. The summed E-state index contributed by atoms with van der Waals surface area (Å²) in [6.07, 6.45) is 0. The molecule has 3 nitrogen and oxygen atoms in total. The molecule has 0 aromatic rings. The van der Waals surface area contributed by atoms with E-state index in [-0.39, 0.29) is 23.5 Å². The molecule has 0 unspecified atom stereocenters. The smallest absolute Gasteiger partial charge is 0.224 e. The molecule has 0 aromatic heterocycles. The molecule has 0 aliphatic rings. The van der Waals surface area contributed by atoms with Crippen molar-refractivity contribution in [2.75, 3.05) is 25.1 Å². The predicted molar refractivity (Wildman–Crippen MR) is 77.2 cm³/mol. The zero-order valence-corrected chi connectivity index (χ0v) is 13.0. The summed E-state index contributed by atoms with van der Waals surface area (Å²) in [5.41, 5.74) is 0. The van der Waals surface area contributed by atoms with E-state index in [1.165, 1.54) is 0 Å². The lowest BCUT2D eigenvalue weighted by molar-refractivity contribution is -0.132. The van der Waals surface area contributed by atoms with E-state index in [9.17, 15) is 9.59 Å². The van der Waals surface area contributed by atoms with E-state index in [2.05, 4.69) is 0 Å². The van der Waals surface area contributed by atoms with Crippen LogP contribution in [0.5, 0.6) is 0 Å². The molecule has 0 saturated heterocycles. The number of Topliss-reactive ketones (excluding diaryl/α,β-unsaturated/α-hetero) is 1. The highest BCUT2D eigenvalue weighted by Gasteiger charge is 2.12. The zero-order valence-electron chi connectivity index (χ0n) is 11.4. The summed E-state index contributed by atoms with van der Waals surface area (Å²) >= 11 is 0. The van der Waals surface area contributed by atoms with Crippen LogP contribution in [0.1, 0.15) is 27.7 Å². The molecule has 0 atom stereocenters. The third kappa shape index (κ3) is 7.71. The van der Waals surface area contributed by atoms with Gasteiger partial charge in [-0.15, -0.1) is 0 Å². The van der Waals surface area contributed by atoms with Gasteiger partial charge in [0.15, 0.2) is 0 Å². The fourth-order valence-corrected chi connectivity index (χ4v) is 3.23. The second kappa shape index (κ2) is 8.86. The first-order valence-electron chi connectivity index (χ1n) is 5.88. The third-order valence-electron chi connectivity index (χ3n) is 2.31. The molecule has 100 valence electrons. The number of rotatable bonds is 8. The summed E-state index contributed by atoms with van der Waals surface area (Å²) in [6, 6.07) is 0. The molecule has 0 spiro atoms. The molecule has 5 heteroatoms. The molecule has 0 radical (unpaired) electrons. The Morgan fingerprint density at radius 3 is 2.12 bits per heavy atom. The second-order valence-electron chi connectivity index (χ2n) is 4.62. The maximum Gasteiger partial charge on any atom is 0.224 e. The molecule has 0 fully saturated rings. The topological polar surface area (TPSA) is 37.4 Å². The van der Waals surface area contributed by atoms with Crippen LogP contribution in [0.2, 0.25) is 0 Å². The molecule has 0 heterocycles. The minimum atomic E-state index is 0.0557. The van der Waals surface area contributed by atoms with Crippen molar-refractivity contribution in [3.8, 4) is 0 Å². The van der Waals surface area contributed by atoms with Gasteiger partial charge in [0, 0.05) is 31.2 Å². The normalized spacial score (nSPS) is 11.0. The highest BCUT2D eigenvalue weighted by molar-refractivity contribution is 8.76. The SMILES string of the molecule is CC(C)C(=O)CSSCCN(C)C(=O)C(C)C. The van der Waals surface area contributed by atoms with E-state index in [1.54, 1.807) is 26.5 Å². The van der Waals surface area contributed by atoms with E-state index in [0.717, 1.165) is 12.3 Å². The van der Waals surface area contributed by atoms with Crippen molar-refractivity contribution in [2.24, 2.45) is 11.8 Å². The third-order valence-corrected chi connectivity index (χ3v) is 4.58. The standard InChI is InChI=1S/C12H23NO2S2/c1-9(2)11(14)8-17-16-7-6-13(5)12(15)10(3)4/h9-10H,6-8H2,1-5H3. The Morgan fingerprint density at radius 1 is 1.06 bits per heavy atom. The monoisotopic (exact) mass is 277 g/mol. The van der Waals surface area contributed by atoms with Crippen molar-refractivity contribution in [3.05, 3.63) is 0 Å². The van der Waals surface area contributed by atoms with E-state index < -0.39 is 0 Å². The van der Waals surface area contributed by atoms with Gasteiger partial charge >= 0.3 is 0 Å². The highest BCUT2D eigenvalue weighted by Crippen LogP contribution is 2.22. The van der Waals surface area contributed by atoms with Gasteiger partial charge < -0.3 is 4.90 Å². The average molecular weight is 277 g/mol. The molecular weight excluding hydrogens is 254 g/mol. The Kier molecular flexibility index (Phi) is 8.78. The van der Waals surface area contributed by atoms with Gasteiger partial charge in [-0.2, -0.15) is 0 Å². The van der Waals surface area contributed by atoms with Gasteiger partial charge in [0.05, 0.1) is 5.75 Å². The molecule has 17 heavy (non-hydrogen) atoms. The van der Waals surface area contributed by atoms with Gasteiger partial charge in [0.2, 0.25) is 5.91 Å². The van der Waals surface area contributed by atoms with Crippen molar-refractivity contribution in [1.29, 1.82) is 0 Å². The Morgan fingerprint density at radius 2 is 1.65 bits per heavy atom. The van der Waals surface area contributed by atoms with Gasteiger partial charge in [0.1, 0.15) is 5.78 Å².